The van der Waals surface area contributed by atoms with Crippen LogP contribution in [0, 0.1) is 0 Å². The number of halogens is 3. The van der Waals surface area contributed by atoms with E-state index < -0.39 is 11.6 Å². The van der Waals surface area contributed by atoms with Crippen LogP contribution in [-0.2, 0) is 22.4 Å². The third kappa shape index (κ3) is 4.50. The van der Waals surface area contributed by atoms with Crippen molar-refractivity contribution in [2.75, 3.05) is 11.9 Å². The molecular weight excluding hydrogens is 511 g/mol. The lowest BCUT2D eigenvalue weighted by atomic mass is 9.94. The molecule has 28 heavy (non-hydrogen) atoms. The molecular formula is C21H17Br2ClO4. The summed E-state index contributed by atoms with van der Waals surface area (Å²) < 4.78 is 11.4. The highest BCUT2D eigenvalue weighted by molar-refractivity contribution is 9.10. The van der Waals surface area contributed by atoms with Crippen LogP contribution in [0.5, 0.6) is 0 Å². The molecule has 0 atom stereocenters. The van der Waals surface area contributed by atoms with Crippen molar-refractivity contribution in [2.45, 2.75) is 19.8 Å². The topological polar surface area (TPSA) is 56.5 Å². The first-order chi connectivity index (χ1) is 13.4. The molecule has 0 radical (unpaired) electrons. The van der Waals surface area contributed by atoms with Gasteiger partial charge in [-0.3, -0.25) is 4.79 Å². The maximum Gasteiger partial charge on any atom is 0.340 e. The number of esters is 1. The Bertz CT molecular complexity index is 1090. The fourth-order valence-electron chi connectivity index (χ4n) is 3.09. The van der Waals surface area contributed by atoms with Gasteiger partial charge in [-0.2, -0.15) is 0 Å². The molecule has 0 aliphatic carbocycles. The van der Waals surface area contributed by atoms with Gasteiger partial charge in [-0.25, -0.2) is 4.79 Å². The number of hydrogen-bond acceptors (Lipinski definition) is 4. The number of aryl methyl sites for hydroxylation is 1. The van der Waals surface area contributed by atoms with Crippen LogP contribution in [0.3, 0.4) is 0 Å². The van der Waals surface area contributed by atoms with Gasteiger partial charge >= 0.3 is 11.6 Å². The molecule has 3 aromatic rings. The lowest BCUT2D eigenvalue weighted by Gasteiger charge is -2.14. The Morgan fingerprint density at radius 1 is 1.25 bits per heavy atom. The van der Waals surface area contributed by atoms with Gasteiger partial charge in [0.15, 0.2) is 0 Å². The highest BCUT2D eigenvalue weighted by Gasteiger charge is 2.21. The molecule has 2 aromatic carbocycles. The Morgan fingerprint density at radius 2 is 2.04 bits per heavy atom. The summed E-state index contributed by atoms with van der Waals surface area (Å²) in [6.45, 7) is 1.97. The van der Waals surface area contributed by atoms with E-state index in [0.717, 1.165) is 32.7 Å². The highest BCUT2D eigenvalue weighted by Crippen LogP contribution is 2.35. The standard InChI is InChI=1S/C21H17Br2ClO4/c1-2-27-19(25)10-16-20(13-4-3-5-14(23)8-13)15-9-12(6-7-22)17(24)11-18(15)28-21(16)26/h3-5,8-9,11H,2,6-7,10H2,1H3. The number of benzene rings is 2. The summed E-state index contributed by atoms with van der Waals surface area (Å²) in [5, 5.41) is 2.02. The molecule has 0 fully saturated rings. The van der Waals surface area contributed by atoms with Crippen LogP contribution in [0.4, 0.5) is 0 Å². The fraction of sp³-hybridized carbons (Fsp3) is 0.238. The summed E-state index contributed by atoms with van der Waals surface area (Å²) in [6, 6.07) is 11.2. The van der Waals surface area contributed by atoms with E-state index in [-0.39, 0.29) is 18.6 Å². The predicted molar refractivity (Wildman–Crippen MR) is 118 cm³/mol. The van der Waals surface area contributed by atoms with Crippen molar-refractivity contribution in [3.63, 3.8) is 0 Å². The number of fused-ring (bicyclic) bond motifs is 1. The Labute approximate surface area is 184 Å². The average Bonchev–Trinajstić information content (AvgIpc) is 2.64. The first-order valence-electron chi connectivity index (χ1n) is 8.70. The Balaban J connectivity index is 2.35. The van der Waals surface area contributed by atoms with Gasteiger partial charge in [-0.15, -0.1) is 0 Å². The summed E-state index contributed by atoms with van der Waals surface area (Å²) in [6.07, 6.45) is 0.559. The van der Waals surface area contributed by atoms with Crippen LogP contribution in [0.2, 0.25) is 5.02 Å². The minimum Gasteiger partial charge on any atom is -0.466 e. The van der Waals surface area contributed by atoms with Crippen molar-refractivity contribution in [3.8, 4) is 11.1 Å². The third-order valence-electron chi connectivity index (χ3n) is 4.27. The molecule has 0 unspecified atom stereocenters. The van der Waals surface area contributed by atoms with Crippen LogP contribution in [0.25, 0.3) is 22.1 Å². The molecule has 146 valence electrons. The van der Waals surface area contributed by atoms with Gasteiger partial charge in [-0.05, 0) is 42.7 Å². The smallest absolute Gasteiger partial charge is 0.340 e. The zero-order chi connectivity index (χ0) is 20.3. The molecule has 4 nitrogen and oxygen atoms in total. The van der Waals surface area contributed by atoms with Crippen LogP contribution < -0.4 is 5.63 Å². The Kier molecular flexibility index (Phi) is 6.96. The quantitative estimate of drug-likeness (QED) is 0.227. The first kappa shape index (κ1) is 21.1. The van der Waals surface area contributed by atoms with E-state index in [1.165, 1.54) is 0 Å². The van der Waals surface area contributed by atoms with E-state index >= 15 is 0 Å². The van der Waals surface area contributed by atoms with E-state index in [0.29, 0.717) is 16.2 Å². The molecule has 0 saturated carbocycles. The minimum atomic E-state index is -0.570. The van der Waals surface area contributed by atoms with Crippen LogP contribution in [-0.4, -0.2) is 17.9 Å². The molecule has 0 amide bonds. The molecule has 1 aromatic heterocycles. The van der Waals surface area contributed by atoms with Crippen molar-refractivity contribution >= 4 is 60.4 Å². The monoisotopic (exact) mass is 526 g/mol. The van der Waals surface area contributed by atoms with Gasteiger partial charge < -0.3 is 9.15 Å². The van der Waals surface area contributed by atoms with Gasteiger partial charge in [-0.1, -0.05) is 55.6 Å². The lowest BCUT2D eigenvalue weighted by molar-refractivity contribution is -0.142. The van der Waals surface area contributed by atoms with Gasteiger partial charge in [0.05, 0.1) is 18.6 Å². The fourth-order valence-corrected chi connectivity index (χ4v) is 4.16. The zero-order valence-corrected chi connectivity index (χ0v) is 19.0. The van der Waals surface area contributed by atoms with Crippen molar-refractivity contribution in [1.29, 1.82) is 0 Å². The van der Waals surface area contributed by atoms with Gasteiger partial charge in [0.1, 0.15) is 5.58 Å². The maximum atomic E-state index is 12.7. The Morgan fingerprint density at radius 3 is 2.71 bits per heavy atom. The van der Waals surface area contributed by atoms with Gasteiger partial charge in [0, 0.05) is 31.8 Å². The summed E-state index contributed by atoms with van der Waals surface area (Å²) in [4.78, 5) is 24.9. The van der Waals surface area contributed by atoms with Crippen LogP contribution in [0.15, 0.2) is 50.1 Å². The second-order valence-electron chi connectivity index (χ2n) is 6.11. The number of carbonyl (C=O) groups excluding carboxylic acids is 1. The molecule has 0 N–H and O–H groups in total. The van der Waals surface area contributed by atoms with Gasteiger partial charge in [0.25, 0.3) is 0 Å². The molecule has 0 saturated heterocycles. The predicted octanol–water partition coefficient (Wildman–Crippen LogP) is 5.92. The summed E-state index contributed by atoms with van der Waals surface area (Å²) in [5.41, 5.74) is 2.48. The number of hydrogen-bond donors (Lipinski definition) is 0. The number of ether oxygens (including phenoxy) is 1. The number of alkyl halides is 1. The molecule has 0 bridgehead atoms. The van der Waals surface area contributed by atoms with E-state index in [1.807, 2.05) is 30.3 Å². The van der Waals surface area contributed by atoms with Crippen LogP contribution in [0.1, 0.15) is 18.1 Å². The SMILES string of the molecule is CCOC(=O)Cc1c(-c2cccc(Br)c2)c2cc(CCBr)c(Cl)cc2oc1=O. The van der Waals surface area contributed by atoms with Crippen molar-refractivity contribution < 1.29 is 13.9 Å². The van der Waals surface area contributed by atoms with Crippen LogP contribution >= 0.6 is 43.5 Å². The van der Waals surface area contributed by atoms with Crippen molar-refractivity contribution in [1.82, 2.24) is 0 Å². The minimum absolute atomic E-state index is 0.162. The molecule has 1 heterocycles. The van der Waals surface area contributed by atoms with Crippen molar-refractivity contribution in [3.05, 3.63) is 67.4 Å². The molecule has 0 aliphatic rings. The summed E-state index contributed by atoms with van der Waals surface area (Å²) in [5.74, 6) is -0.472. The molecule has 0 spiro atoms. The summed E-state index contributed by atoms with van der Waals surface area (Å²) >= 11 is 13.3. The first-order valence-corrected chi connectivity index (χ1v) is 11.0. The van der Waals surface area contributed by atoms with E-state index in [9.17, 15) is 9.59 Å². The lowest BCUT2D eigenvalue weighted by Crippen LogP contribution is -2.17. The summed E-state index contributed by atoms with van der Waals surface area (Å²) in [7, 11) is 0. The van der Waals surface area contributed by atoms with E-state index in [1.54, 1.807) is 13.0 Å². The molecule has 0 aliphatic heterocycles. The second kappa shape index (κ2) is 9.25. The highest BCUT2D eigenvalue weighted by atomic mass is 79.9. The average molecular weight is 529 g/mol. The van der Waals surface area contributed by atoms with E-state index in [4.69, 9.17) is 20.8 Å². The third-order valence-corrected chi connectivity index (χ3v) is 5.51. The van der Waals surface area contributed by atoms with E-state index in [2.05, 4.69) is 31.9 Å². The maximum absolute atomic E-state index is 12.7. The normalized spacial score (nSPS) is 11.0. The molecule has 3 rings (SSSR count). The zero-order valence-electron chi connectivity index (χ0n) is 15.1. The largest absolute Gasteiger partial charge is 0.466 e. The molecule has 7 heteroatoms. The van der Waals surface area contributed by atoms with Gasteiger partial charge in [0.2, 0.25) is 0 Å². The van der Waals surface area contributed by atoms with Crippen molar-refractivity contribution in [2.24, 2.45) is 0 Å². The Hall–Kier alpha value is -1.63. The number of carbonyl (C=O) groups is 1. The second-order valence-corrected chi connectivity index (χ2v) is 8.23. The number of rotatable bonds is 6.